The van der Waals surface area contributed by atoms with Crippen LogP contribution in [0.25, 0.3) is 0 Å². The summed E-state index contributed by atoms with van der Waals surface area (Å²) >= 11 is 1.50. The van der Waals surface area contributed by atoms with Crippen molar-refractivity contribution in [2.75, 3.05) is 0 Å². The normalized spacial score (nSPS) is 18.1. The number of hydrogen-bond acceptors (Lipinski definition) is 1. The lowest BCUT2D eigenvalue weighted by Gasteiger charge is -2.16. The molecule has 2 N–H and O–H groups in total. The number of halogens is 5. The molecular weight excluding hydrogens is 222 g/mol. The lowest BCUT2D eigenvalue weighted by Crippen LogP contribution is -2.46. The van der Waals surface area contributed by atoms with Gasteiger partial charge in [-0.05, 0) is 15.9 Å². The van der Waals surface area contributed by atoms with E-state index in [1.807, 2.05) is 0 Å². The Kier molecular flexibility index (Phi) is 2.29. The zero-order valence-corrected chi connectivity index (χ0v) is 5.96. The molecule has 0 fully saturated rings. The fourth-order valence-corrected chi connectivity index (χ4v) is 0.140. The zero-order chi connectivity index (χ0) is 8.58. The first kappa shape index (κ1) is 9.67. The van der Waals surface area contributed by atoms with Gasteiger partial charge in [-0.1, -0.05) is 0 Å². The Morgan fingerprint density at radius 1 is 1.30 bits per heavy atom. The van der Waals surface area contributed by atoms with E-state index in [4.69, 9.17) is 0 Å². The van der Waals surface area contributed by atoms with Gasteiger partial charge >= 0.3 is 10.8 Å². The molecule has 60 valence electrons. The maximum Gasteiger partial charge on any atom is 0.442 e. The van der Waals surface area contributed by atoms with Crippen molar-refractivity contribution >= 4 is 21.8 Å². The van der Waals surface area contributed by atoms with Crippen molar-refractivity contribution < 1.29 is 22.4 Å². The van der Waals surface area contributed by atoms with Crippen molar-refractivity contribution in [3.8, 4) is 0 Å². The molecule has 0 bridgehead atoms. The summed E-state index contributed by atoms with van der Waals surface area (Å²) in [5.74, 6) is -2.11. The van der Waals surface area contributed by atoms with Gasteiger partial charge in [-0.2, -0.15) is 13.2 Å². The number of carbonyl (C=O) groups excluding carboxylic acids is 1. The Balaban J connectivity index is 4.57. The molecule has 0 spiro atoms. The Labute approximate surface area is 61.5 Å². The average molecular weight is 224 g/mol. The second-order valence-corrected chi connectivity index (χ2v) is 2.53. The van der Waals surface area contributed by atoms with Crippen LogP contribution in [0.4, 0.5) is 17.6 Å². The third-order valence-corrected chi connectivity index (χ3v) is 1.51. The summed E-state index contributed by atoms with van der Waals surface area (Å²) in [5, 5.41) is 0. The van der Waals surface area contributed by atoms with Crippen LogP contribution in [0.2, 0.25) is 0 Å². The third kappa shape index (κ3) is 1.59. The summed E-state index contributed by atoms with van der Waals surface area (Å²) in [4.78, 5) is 9.75. The molecular formula is C3H2BrF4NO. The molecule has 0 aromatic heterocycles. The van der Waals surface area contributed by atoms with E-state index in [1.165, 1.54) is 15.9 Å². The number of alkyl halides is 5. The van der Waals surface area contributed by atoms with Gasteiger partial charge in [-0.15, -0.1) is 0 Å². The summed E-state index contributed by atoms with van der Waals surface area (Å²) in [6.07, 6.45) is -5.31. The van der Waals surface area contributed by atoms with Gasteiger partial charge in [0.15, 0.2) is 0 Å². The fraction of sp³-hybridized carbons (Fsp3) is 0.667. The first-order valence-electron chi connectivity index (χ1n) is 1.94. The Morgan fingerprint density at radius 3 is 1.60 bits per heavy atom. The van der Waals surface area contributed by atoms with Crippen molar-refractivity contribution in [1.29, 1.82) is 0 Å². The topological polar surface area (TPSA) is 43.1 Å². The highest BCUT2D eigenvalue weighted by Crippen LogP contribution is 2.38. The van der Waals surface area contributed by atoms with Crippen LogP contribution >= 0.6 is 15.9 Å². The second kappa shape index (κ2) is 2.37. The summed E-state index contributed by atoms with van der Waals surface area (Å²) < 4.78 is 42.0. The first-order valence-corrected chi connectivity index (χ1v) is 2.73. The Bertz CT molecular complexity index is 153. The summed E-state index contributed by atoms with van der Waals surface area (Å²) in [6.45, 7) is 0. The molecule has 0 aromatic carbocycles. The quantitative estimate of drug-likeness (QED) is 0.525. The van der Waals surface area contributed by atoms with Gasteiger partial charge in [-0.3, -0.25) is 4.79 Å². The van der Waals surface area contributed by atoms with E-state index in [2.05, 4.69) is 5.73 Å². The molecule has 0 radical (unpaired) electrons. The van der Waals surface area contributed by atoms with Crippen LogP contribution in [0.1, 0.15) is 0 Å². The molecule has 0 rings (SSSR count). The summed E-state index contributed by atoms with van der Waals surface area (Å²) in [6, 6.07) is 0. The van der Waals surface area contributed by atoms with Gasteiger partial charge in [0, 0.05) is 0 Å². The van der Waals surface area contributed by atoms with Gasteiger partial charge in [0.1, 0.15) is 0 Å². The predicted octanol–water partition coefficient (Wildman–Crippen LogP) is 1.09. The van der Waals surface area contributed by atoms with Gasteiger partial charge in [-0.25, -0.2) is 4.39 Å². The SMILES string of the molecule is NC(=O)[C@@](F)(Br)C(F)(F)F. The van der Waals surface area contributed by atoms with E-state index in [0.717, 1.165) is 0 Å². The molecule has 2 nitrogen and oxygen atoms in total. The van der Waals surface area contributed by atoms with Crippen LogP contribution in [0, 0.1) is 0 Å². The minimum atomic E-state index is -5.31. The fourth-order valence-electron chi connectivity index (χ4n) is 0.140. The largest absolute Gasteiger partial charge is 0.442 e. The molecule has 0 aliphatic heterocycles. The van der Waals surface area contributed by atoms with E-state index in [1.54, 1.807) is 0 Å². The van der Waals surface area contributed by atoms with Crippen molar-refractivity contribution in [3.63, 3.8) is 0 Å². The second-order valence-electron chi connectivity index (χ2n) is 1.44. The molecule has 7 heteroatoms. The van der Waals surface area contributed by atoms with E-state index >= 15 is 0 Å². The summed E-state index contributed by atoms with van der Waals surface area (Å²) in [7, 11) is 0. The molecule has 10 heavy (non-hydrogen) atoms. The number of amides is 1. The summed E-state index contributed by atoms with van der Waals surface area (Å²) in [5.41, 5.74) is 4.08. The number of nitrogens with two attached hydrogens (primary N) is 1. The first-order chi connectivity index (χ1) is 4.19. The van der Waals surface area contributed by atoms with Crippen LogP contribution < -0.4 is 5.73 Å². The highest BCUT2D eigenvalue weighted by molar-refractivity contribution is 9.10. The minimum Gasteiger partial charge on any atom is -0.366 e. The lowest BCUT2D eigenvalue weighted by molar-refractivity contribution is -0.193. The molecule has 0 aliphatic carbocycles. The Hall–Kier alpha value is -0.330. The molecule has 0 aliphatic rings. The number of hydrogen-bond donors (Lipinski definition) is 1. The van der Waals surface area contributed by atoms with Crippen molar-refractivity contribution in [2.45, 2.75) is 10.8 Å². The monoisotopic (exact) mass is 223 g/mol. The number of carbonyl (C=O) groups is 1. The maximum absolute atomic E-state index is 12.0. The smallest absolute Gasteiger partial charge is 0.366 e. The number of rotatable bonds is 1. The molecule has 0 saturated heterocycles. The van der Waals surface area contributed by atoms with Crippen LogP contribution in [0.3, 0.4) is 0 Å². The van der Waals surface area contributed by atoms with E-state index in [-0.39, 0.29) is 0 Å². The molecule has 1 atom stereocenters. The van der Waals surface area contributed by atoms with Crippen LogP contribution in [0.5, 0.6) is 0 Å². The highest BCUT2D eigenvalue weighted by Gasteiger charge is 2.59. The standard InChI is InChI=1S/C3H2BrF4NO/c4-2(5,1(9)10)3(6,7)8/h(H2,9,10)/t2-/m0/s1. The van der Waals surface area contributed by atoms with Crippen LogP contribution in [-0.2, 0) is 4.79 Å². The zero-order valence-electron chi connectivity index (χ0n) is 4.38. The van der Waals surface area contributed by atoms with Crippen LogP contribution in [0.15, 0.2) is 0 Å². The predicted molar refractivity (Wildman–Crippen MR) is 28.0 cm³/mol. The van der Waals surface area contributed by atoms with Gasteiger partial charge < -0.3 is 5.73 Å². The Morgan fingerprint density at radius 2 is 1.60 bits per heavy atom. The lowest BCUT2D eigenvalue weighted by atomic mass is 10.4. The van der Waals surface area contributed by atoms with Crippen molar-refractivity contribution in [2.24, 2.45) is 5.73 Å². The maximum atomic E-state index is 12.0. The van der Waals surface area contributed by atoms with Gasteiger partial charge in [0.25, 0.3) is 5.91 Å². The third-order valence-electron chi connectivity index (χ3n) is 0.665. The average Bonchev–Trinajstić information content (AvgIpc) is 1.62. The molecule has 1 amide bonds. The van der Waals surface area contributed by atoms with Gasteiger partial charge in [0.05, 0.1) is 0 Å². The van der Waals surface area contributed by atoms with E-state index in [9.17, 15) is 22.4 Å². The molecule has 0 aromatic rings. The van der Waals surface area contributed by atoms with Gasteiger partial charge in [0.2, 0.25) is 0 Å². The molecule has 0 saturated carbocycles. The number of primary amides is 1. The minimum absolute atomic E-state index is 1.50. The molecule has 0 heterocycles. The van der Waals surface area contributed by atoms with Crippen LogP contribution in [-0.4, -0.2) is 16.7 Å². The van der Waals surface area contributed by atoms with Crippen molar-refractivity contribution in [1.82, 2.24) is 0 Å². The highest BCUT2D eigenvalue weighted by atomic mass is 79.9. The van der Waals surface area contributed by atoms with E-state index < -0.39 is 16.7 Å². The molecule has 0 unspecified atom stereocenters. The van der Waals surface area contributed by atoms with Crippen molar-refractivity contribution in [3.05, 3.63) is 0 Å². The van der Waals surface area contributed by atoms with E-state index in [0.29, 0.717) is 0 Å².